The monoisotopic (exact) mass is 455 g/mol. The van der Waals surface area contributed by atoms with Crippen molar-refractivity contribution in [2.75, 3.05) is 43.4 Å². The Bertz CT molecular complexity index is 1150. The van der Waals surface area contributed by atoms with Crippen molar-refractivity contribution in [2.45, 2.75) is 32.7 Å². The number of anilines is 2. The van der Waals surface area contributed by atoms with Gasteiger partial charge in [0.05, 0.1) is 36.8 Å². The van der Waals surface area contributed by atoms with Gasteiger partial charge in [0.25, 0.3) is 0 Å². The average molecular weight is 456 g/mol. The number of aromatic nitrogens is 2. The number of rotatable bonds is 4. The number of carbonyl (C=O) groups excluding carboxylic acids is 1. The third kappa shape index (κ3) is 3.85. The van der Waals surface area contributed by atoms with Crippen LogP contribution in [0.25, 0.3) is 10.9 Å². The van der Waals surface area contributed by atoms with Crippen LogP contribution in [-0.2, 0) is 22.3 Å². The summed E-state index contributed by atoms with van der Waals surface area (Å²) >= 11 is 1.63. The van der Waals surface area contributed by atoms with Gasteiger partial charge in [-0.15, -0.1) is 0 Å². The molecule has 0 amide bonds. The highest BCUT2D eigenvalue weighted by molar-refractivity contribution is 7.16. The number of methoxy groups -OCH3 is 1. The van der Waals surface area contributed by atoms with E-state index < -0.39 is 0 Å². The number of benzene rings is 1. The Hall–Kier alpha value is -2.62. The van der Waals surface area contributed by atoms with Crippen LogP contribution >= 0.6 is 11.3 Å². The van der Waals surface area contributed by atoms with Crippen molar-refractivity contribution in [3.63, 3.8) is 0 Å². The van der Waals surface area contributed by atoms with E-state index in [4.69, 9.17) is 14.5 Å². The highest BCUT2D eigenvalue weighted by Gasteiger charge is 2.33. The lowest BCUT2D eigenvalue weighted by molar-refractivity contribution is 0.0601. The molecule has 1 aromatic carbocycles. The van der Waals surface area contributed by atoms with Crippen LogP contribution in [-0.4, -0.2) is 55.4 Å². The fourth-order valence-electron chi connectivity index (χ4n) is 4.64. The molecule has 0 radical (unpaired) electrons. The molecule has 1 atom stereocenters. The van der Waals surface area contributed by atoms with Gasteiger partial charge < -0.3 is 29.6 Å². The van der Waals surface area contributed by atoms with Crippen molar-refractivity contribution in [3.05, 3.63) is 45.6 Å². The molecule has 2 aliphatic rings. The number of hydrogen-bond acceptors (Lipinski definition) is 8. The molecule has 1 fully saturated rings. The van der Waals surface area contributed by atoms with Gasteiger partial charge in [-0.05, 0) is 42.0 Å². The van der Waals surface area contributed by atoms with E-state index in [0.717, 1.165) is 50.9 Å². The van der Waals surface area contributed by atoms with Gasteiger partial charge in [0.2, 0.25) is 0 Å². The Kier molecular flexibility index (Phi) is 5.35. The fourth-order valence-corrected chi connectivity index (χ4v) is 6.05. The molecule has 5 rings (SSSR count). The van der Waals surface area contributed by atoms with Crippen molar-refractivity contribution in [1.82, 2.24) is 9.97 Å². The summed E-state index contributed by atoms with van der Waals surface area (Å²) in [6, 6.07) is 5.63. The lowest BCUT2D eigenvalue weighted by Gasteiger charge is -2.41. The Balaban J connectivity index is 1.44. The summed E-state index contributed by atoms with van der Waals surface area (Å²) in [5.74, 6) is 0.226. The molecule has 1 N–H and O–H groups in total. The van der Waals surface area contributed by atoms with E-state index in [0.29, 0.717) is 31.1 Å². The topological polar surface area (TPSA) is 93.8 Å². The van der Waals surface area contributed by atoms with Crippen LogP contribution in [0.5, 0.6) is 0 Å². The number of carbonyl (C=O) groups is 1. The molecular weight excluding hydrogens is 428 g/mol. The molecule has 3 aromatic rings. The highest BCUT2D eigenvalue weighted by atomic mass is 32.1. The summed E-state index contributed by atoms with van der Waals surface area (Å²) < 4.78 is 10.7. The number of fused-ring (bicyclic) bond motifs is 2. The Labute approximate surface area is 190 Å². The van der Waals surface area contributed by atoms with Gasteiger partial charge in [-0.2, -0.15) is 0 Å². The Morgan fingerprint density at radius 3 is 3.09 bits per heavy atom. The minimum atomic E-state index is -0.347. The molecule has 2 aliphatic heterocycles. The summed E-state index contributed by atoms with van der Waals surface area (Å²) in [6.45, 7) is 6.66. The molecule has 9 heteroatoms. The highest BCUT2D eigenvalue weighted by Crippen LogP contribution is 2.42. The zero-order valence-corrected chi connectivity index (χ0v) is 19.3. The van der Waals surface area contributed by atoms with E-state index in [1.807, 2.05) is 18.3 Å². The molecule has 0 aliphatic carbocycles. The zero-order chi connectivity index (χ0) is 22.5. The predicted molar refractivity (Wildman–Crippen MR) is 126 cm³/mol. The summed E-state index contributed by atoms with van der Waals surface area (Å²) in [5, 5.41) is 15.5. The quantitative estimate of drug-likeness (QED) is 0.599. The number of thiazole rings is 1. The molecule has 32 heavy (non-hydrogen) atoms. The summed E-state index contributed by atoms with van der Waals surface area (Å²) in [4.78, 5) is 23.4. The molecule has 0 bridgehead atoms. The van der Waals surface area contributed by atoms with E-state index in [-0.39, 0.29) is 17.4 Å². The maximum Gasteiger partial charge on any atom is 0.337 e. The third-order valence-corrected chi connectivity index (χ3v) is 7.31. The van der Waals surface area contributed by atoms with Gasteiger partial charge in [-0.1, -0.05) is 25.2 Å². The Morgan fingerprint density at radius 1 is 1.44 bits per heavy atom. The number of nitrogens with zero attached hydrogens (tertiary/aromatic N) is 3. The SMILES string of the molecule is COC(=O)c1ccc2[nH]cc(C[C@H]3COCCN3c3nc4c(s3)CC(C)(C)CN4[O-])c2c1. The number of nitrogens with one attached hydrogen (secondary N) is 1. The number of morpholine rings is 1. The first-order chi connectivity index (χ1) is 15.3. The van der Waals surface area contributed by atoms with Crippen LogP contribution in [0.4, 0.5) is 10.9 Å². The molecule has 2 aromatic heterocycles. The van der Waals surface area contributed by atoms with Gasteiger partial charge in [0.1, 0.15) is 5.82 Å². The molecular formula is C23H27N4O4S-. The van der Waals surface area contributed by atoms with Crippen molar-refractivity contribution in [2.24, 2.45) is 5.41 Å². The van der Waals surface area contributed by atoms with Crippen molar-refractivity contribution >= 4 is 39.2 Å². The Morgan fingerprint density at radius 2 is 2.28 bits per heavy atom. The minimum absolute atomic E-state index is 0.0512. The summed E-state index contributed by atoms with van der Waals surface area (Å²) in [7, 11) is 1.39. The number of aromatic amines is 1. The van der Waals surface area contributed by atoms with E-state index in [2.05, 4.69) is 23.7 Å². The van der Waals surface area contributed by atoms with Gasteiger partial charge in [0.15, 0.2) is 5.13 Å². The lowest BCUT2D eigenvalue weighted by atomic mass is 9.86. The van der Waals surface area contributed by atoms with E-state index in [9.17, 15) is 10.0 Å². The van der Waals surface area contributed by atoms with Crippen LogP contribution in [0.3, 0.4) is 0 Å². The van der Waals surface area contributed by atoms with Gasteiger partial charge in [-0.25, -0.2) is 9.78 Å². The van der Waals surface area contributed by atoms with Crippen molar-refractivity contribution in [3.8, 4) is 0 Å². The first kappa shape index (κ1) is 21.2. The number of H-pyrrole nitrogens is 1. The number of ether oxygens (including phenoxy) is 2. The van der Waals surface area contributed by atoms with Crippen LogP contribution in [0.1, 0.15) is 34.6 Å². The molecule has 0 spiro atoms. The standard InChI is InChI=1S/C23H27N4O4S/c1-23(2)10-19-20(27(29)13-23)25-22(32-19)26-6-7-31-12-16(26)8-15-11-24-18-5-4-14(9-17(15)18)21(28)30-3/h4-5,9,11,16,24H,6-8,10,12-13H2,1-3H3/q-1/t16-/m0/s1. The molecule has 0 unspecified atom stereocenters. The maximum atomic E-state index is 12.6. The molecule has 1 saturated heterocycles. The summed E-state index contributed by atoms with van der Waals surface area (Å²) in [5.41, 5.74) is 2.57. The molecule has 4 heterocycles. The molecule has 170 valence electrons. The fraction of sp³-hybridized carbons (Fsp3) is 0.478. The first-order valence-electron chi connectivity index (χ1n) is 10.8. The van der Waals surface area contributed by atoms with Crippen LogP contribution in [0, 0.1) is 10.6 Å². The first-order valence-corrected chi connectivity index (χ1v) is 11.6. The summed E-state index contributed by atoms with van der Waals surface area (Å²) in [6.07, 6.45) is 3.60. The molecule has 0 saturated carbocycles. The third-order valence-electron chi connectivity index (χ3n) is 6.23. The zero-order valence-electron chi connectivity index (χ0n) is 18.5. The van der Waals surface area contributed by atoms with Gasteiger partial charge in [0, 0.05) is 30.2 Å². The van der Waals surface area contributed by atoms with Gasteiger partial charge >= 0.3 is 5.97 Å². The average Bonchev–Trinajstić information content (AvgIpc) is 3.37. The van der Waals surface area contributed by atoms with Crippen LogP contribution in [0.2, 0.25) is 0 Å². The van der Waals surface area contributed by atoms with E-state index >= 15 is 0 Å². The van der Waals surface area contributed by atoms with E-state index in [1.165, 1.54) is 7.11 Å². The number of esters is 1. The van der Waals surface area contributed by atoms with Crippen molar-refractivity contribution < 1.29 is 14.3 Å². The second-order valence-corrected chi connectivity index (χ2v) is 10.4. The lowest BCUT2D eigenvalue weighted by Crippen LogP contribution is -2.46. The number of hydroxylamine groups is 1. The maximum absolute atomic E-state index is 12.6. The van der Waals surface area contributed by atoms with Gasteiger partial charge in [-0.3, -0.25) is 0 Å². The number of hydrogen-bond donors (Lipinski definition) is 1. The van der Waals surface area contributed by atoms with Crippen LogP contribution < -0.4 is 9.96 Å². The van der Waals surface area contributed by atoms with Crippen molar-refractivity contribution in [1.29, 1.82) is 0 Å². The normalized spacial score (nSPS) is 20.4. The second kappa shape index (κ2) is 8.06. The smallest absolute Gasteiger partial charge is 0.337 e. The minimum Gasteiger partial charge on any atom is -0.757 e. The predicted octanol–water partition coefficient (Wildman–Crippen LogP) is 3.75. The largest absolute Gasteiger partial charge is 0.757 e. The molecule has 8 nitrogen and oxygen atoms in total. The van der Waals surface area contributed by atoms with E-state index in [1.54, 1.807) is 17.4 Å². The second-order valence-electron chi connectivity index (χ2n) is 9.31. The van der Waals surface area contributed by atoms with Crippen LogP contribution in [0.15, 0.2) is 24.4 Å².